The topological polar surface area (TPSA) is 43.8 Å². The van der Waals surface area contributed by atoms with Crippen LogP contribution in [0.15, 0.2) is 30.3 Å². The maximum Gasteiger partial charge on any atom is 0.219 e. The van der Waals surface area contributed by atoms with Gasteiger partial charge < -0.3 is 14.9 Å². The average molecular weight is 236 g/mol. The lowest BCUT2D eigenvalue weighted by molar-refractivity contribution is -0.130. The van der Waals surface area contributed by atoms with Gasteiger partial charge in [-0.2, -0.15) is 0 Å². The van der Waals surface area contributed by atoms with Crippen molar-refractivity contribution in [2.24, 2.45) is 0 Å². The van der Waals surface area contributed by atoms with Crippen LogP contribution in [0.25, 0.3) is 0 Å². The fourth-order valence-corrected chi connectivity index (χ4v) is 1.55. The minimum Gasteiger partial charge on any atom is -0.508 e. The van der Waals surface area contributed by atoms with Gasteiger partial charge in [0.15, 0.2) is 0 Å². The van der Waals surface area contributed by atoms with Gasteiger partial charge in [0.25, 0.3) is 0 Å². The zero-order valence-electron chi connectivity index (χ0n) is 10.5. The summed E-state index contributed by atoms with van der Waals surface area (Å²) in [6, 6.07) is 8.71. The van der Waals surface area contributed by atoms with Crippen LogP contribution >= 0.6 is 0 Å². The van der Waals surface area contributed by atoms with Gasteiger partial charge in [0, 0.05) is 33.1 Å². The van der Waals surface area contributed by atoms with Crippen molar-refractivity contribution in [2.45, 2.75) is 6.92 Å². The molecule has 0 bridgehead atoms. The molecule has 94 valence electrons. The van der Waals surface area contributed by atoms with Crippen molar-refractivity contribution < 1.29 is 9.90 Å². The lowest BCUT2D eigenvalue weighted by atomic mass is 10.3. The van der Waals surface area contributed by atoms with E-state index in [1.807, 2.05) is 11.0 Å². The van der Waals surface area contributed by atoms with E-state index in [1.165, 1.54) is 0 Å². The van der Waals surface area contributed by atoms with Crippen molar-refractivity contribution in [3.8, 4) is 5.75 Å². The van der Waals surface area contributed by atoms with Crippen LogP contribution in [0, 0.1) is 0 Å². The van der Waals surface area contributed by atoms with Crippen LogP contribution in [0.5, 0.6) is 5.75 Å². The lowest BCUT2D eigenvalue weighted by Gasteiger charge is -2.31. The van der Waals surface area contributed by atoms with Gasteiger partial charge in [-0.1, -0.05) is 18.2 Å². The van der Waals surface area contributed by atoms with Crippen molar-refractivity contribution in [1.29, 1.82) is 0 Å². The second-order valence-electron chi connectivity index (χ2n) is 4.14. The van der Waals surface area contributed by atoms with Crippen LogP contribution in [0.3, 0.4) is 0 Å². The second kappa shape index (κ2) is 6.91. The number of piperazine rings is 1. The molecule has 1 aliphatic heterocycles. The number of hydrogen-bond donors (Lipinski definition) is 1. The summed E-state index contributed by atoms with van der Waals surface area (Å²) >= 11 is 0. The number of phenols is 1. The maximum atomic E-state index is 10.8. The smallest absolute Gasteiger partial charge is 0.219 e. The first kappa shape index (κ1) is 13.5. The van der Waals surface area contributed by atoms with Gasteiger partial charge in [-0.05, 0) is 19.2 Å². The Kier molecular flexibility index (Phi) is 5.49. The number of nitrogens with zero attached hydrogens (tertiary/aromatic N) is 2. The van der Waals surface area contributed by atoms with Crippen LogP contribution in [0.1, 0.15) is 6.92 Å². The molecule has 4 nitrogen and oxygen atoms in total. The first-order chi connectivity index (χ1) is 8.09. The number of amides is 1. The largest absolute Gasteiger partial charge is 0.508 e. The molecule has 1 heterocycles. The molecule has 2 rings (SSSR count). The summed E-state index contributed by atoms with van der Waals surface area (Å²) in [5.74, 6) is 0.524. The third-order valence-corrected chi connectivity index (χ3v) is 2.70. The molecule has 1 aromatic carbocycles. The van der Waals surface area contributed by atoms with Gasteiger partial charge >= 0.3 is 0 Å². The Balaban J connectivity index is 0.000000181. The van der Waals surface area contributed by atoms with Crippen molar-refractivity contribution in [3.05, 3.63) is 30.3 Å². The molecule has 0 aliphatic carbocycles. The average Bonchev–Trinajstić information content (AvgIpc) is 2.31. The van der Waals surface area contributed by atoms with E-state index in [4.69, 9.17) is 5.11 Å². The van der Waals surface area contributed by atoms with E-state index in [1.54, 1.807) is 31.2 Å². The molecule has 1 N–H and O–H groups in total. The molecule has 1 aromatic rings. The van der Waals surface area contributed by atoms with E-state index in [0.29, 0.717) is 5.75 Å². The quantitative estimate of drug-likeness (QED) is 0.735. The molecule has 1 amide bonds. The highest BCUT2D eigenvalue weighted by molar-refractivity contribution is 5.73. The normalized spacial score (nSPS) is 16.0. The molecule has 1 fully saturated rings. The predicted octanol–water partition coefficient (Wildman–Crippen LogP) is 1.17. The molecule has 0 spiro atoms. The minimum atomic E-state index is 0.202. The van der Waals surface area contributed by atoms with E-state index >= 15 is 0 Å². The van der Waals surface area contributed by atoms with E-state index in [2.05, 4.69) is 11.9 Å². The monoisotopic (exact) mass is 236 g/mol. The number of carbonyl (C=O) groups excluding carboxylic acids is 1. The highest BCUT2D eigenvalue weighted by atomic mass is 16.3. The summed E-state index contributed by atoms with van der Waals surface area (Å²) in [4.78, 5) is 14.9. The van der Waals surface area contributed by atoms with Gasteiger partial charge in [-0.25, -0.2) is 0 Å². The van der Waals surface area contributed by atoms with Gasteiger partial charge in [0.2, 0.25) is 5.91 Å². The Bertz CT molecular complexity index is 333. The summed E-state index contributed by atoms with van der Waals surface area (Å²) in [5, 5.41) is 8.63. The number of phenolic OH excluding ortho intramolecular Hbond substituents is 1. The van der Waals surface area contributed by atoms with E-state index in [9.17, 15) is 4.79 Å². The highest BCUT2D eigenvalue weighted by Crippen LogP contribution is 2.02. The van der Waals surface area contributed by atoms with Crippen molar-refractivity contribution in [1.82, 2.24) is 9.80 Å². The Morgan fingerprint density at radius 1 is 1.12 bits per heavy atom. The van der Waals surface area contributed by atoms with Crippen LogP contribution < -0.4 is 0 Å². The molecular weight excluding hydrogens is 216 g/mol. The maximum absolute atomic E-state index is 10.8. The number of para-hydroxylation sites is 1. The van der Waals surface area contributed by atoms with E-state index < -0.39 is 0 Å². The number of aromatic hydroxyl groups is 1. The summed E-state index contributed by atoms with van der Waals surface area (Å²) < 4.78 is 0. The Morgan fingerprint density at radius 3 is 2.00 bits per heavy atom. The molecule has 0 saturated carbocycles. The molecular formula is C13H20N2O2. The summed E-state index contributed by atoms with van der Waals surface area (Å²) in [5.41, 5.74) is 0. The number of carbonyl (C=O) groups is 1. The molecule has 0 aromatic heterocycles. The van der Waals surface area contributed by atoms with Crippen molar-refractivity contribution in [3.63, 3.8) is 0 Å². The zero-order valence-corrected chi connectivity index (χ0v) is 10.5. The van der Waals surface area contributed by atoms with Crippen LogP contribution in [-0.4, -0.2) is 54.0 Å². The van der Waals surface area contributed by atoms with Crippen molar-refractivity contribution in [2.75, 3.05) is 33.2 Å². The number of likely N-dealkylation sites (N-methyl/N-ethyl adjacent to an activating group) is 1. The van der Waals surface area contributed by atoms with Gasteiger partial charge in [-0.15, -0.1) is 0 Å². The predicted molar refractivity (Wildman–Crippen MR) is 67.9 cm³/mol. The van der Waals surface area contributed by atoms with Gasteiger partial charge in [0.1, 0.15) is 5.75 Å². The fraction of sp³-hybridized carbons (Fsp3) is 0.462. The van der Waals surface area contributed by atoms with Gasteiger partial charge in [0.05, 0.1) is 0 Å². The molecule has 1 aliphatic rings. The molecule has 4 heteroatoms. The first-order valence-corrected chi connectivity index (χ1v) is 5.77. The van der Waals surface area contributed by atoms with Gasteiger partial charge in [-0.3, -0.25) is 4.79 Å². The summed E-state index contributed by atoms with van der Waals surface area (Å²) in [6.07, 6.45) is 0. The SMILES string of the molecule is CC(=O)N1CCN(C)CC1.Oc1ccccc1. The number of rotatable bonds is 0. The molecule has 0 radical (unpaired) electrons. The number of hydrogen-bond acceptors (Lipinski definition) is 3. The molecule has 0 unspecified atom stereocenters. The van der Waals surface area contributed by atoms with Crippen LogP contribution in [-0.2, 0) is 4.79 Å². The Hall–Kier alpha value is -1.55. The Morgan fingerprint density at radius 2 is 1.65 bits per heavy atom. The molecule has 1 saturated heterocycles. The highest BCUT2D eigenvalue weighted by Gasteiger charge is 2.14. The molecule has 0 atom stereocenters. The minimum absolute atomic E-state index is 0.202. The third-order valence-electron chi connectivity index (χ3n) is 2.70. The summed E-state index contributed by atoms with van der Waals surface area (Å²) in [6.45, 7) is 5.45. The molecule has 17 heavy (non-hydrogen) atoms. The standard InChI is InChI=1S/C7H14N2O.C6H6O/c1-7(10)9-5-3-8(2)4-6-9;7-6-4-2-1-3-5-6/h3-6H2,1-2H3;1-5,7H. The first-order valence-electron chi connectivity index (χ1n) is 5.77. The van der Waals surface area contributed by atoms with Crippen LogP contribution in [0.4, 0.5) is 0 Å². The summed E-state index contributed by atoms with van der Waals surface area (Å²) in [7, 11) is 2.08. The zero-order chi connectivity index (χ0) is 12.7. The lowest BCUT2D eigenvalue weighted by Crippen LogP contribution is -2.46. The van der Waals surface area contributed by atoms with E-state index in [0.717, 1.165) is 26.2 Å². The second-order valence-corrected chi connectivity index (χ2v) is 4.14. The Labute approximate surface area is 102 Å². The fourth-order valence-electron chi connectivity index (χ4n) is 1.55. The van der Waals surface area contributed by atoms with E-state index in [-0.39, 0.29) is 5.91 Å². The third kappa shape index (κ3) is 5.36. The van der Waals surface area contributed by atoms with Crippen molar-refractivity contribution >= 4 is 5.91 Å². The number of benzene rings is 1. The van der Waals surface area contributed by atoms with Crippen LogP contribution in [0.2, 0.25) is 0 Å².